The van der Waals surface area contributed by atoms with E-state index in [0.717, 1.165) is 0 Å². The Morgan fingerprint density at radius 3 is 2.64 bits per heavy atom. The van der Waals surface area contributed by atoms with Crippen LogP contribution in [0.2, 0.25) is 0 Å². The predicted octanol–water partition coefficient (Wildman–Crippen LogP) is 0.682. The first kappa shape index (κ1) is 9.61. The summed E-state index contributed by atoms with van der Waals surface area (Å²) in [5, 5.41) is 18.3. The van der Waals surface area contributed by atoms with Gasteiger partial charge in [0.05, 0.1) is 0 Å². The van der Waals surface area contributed by atoms with E-state index in [4.69, 9.17) is 5.11 Å². The van der Waals surface area contributed by atoms with Gasteiger partial charge in [-0.2, -0.15) is 0 Å². The molecule has 0 aliphatic rings. The monoisotopic (exact) mass is 159 g/mol. The van der Waals surface area contributed by atoms with Gasteiger partial charge in [0, 0.05) is 11.3 Å². The first-order chi connectivity index (χ1) is 5.07. The molecule has 1 unspecified atom stereocenters. The number of carboxylic acid groups (broad SMARTS) is 1. The normalized spacial score (nSPS) is 12.0. The molecular weight excluding hydrogens is 150 g/mol. The highest BCUT2D eigenvalue weighted by Gasteiger charge is 2.21. The van der Waals surface area contributed by atoms with E-state index in [1.165, 1.54) is 6.08 Å². The number of hydrogen-bond acceptors (Lipinski definition) is 3. The summed E-state index contributed by atoms with van der Waals surface area (Å²) >= 11 is 0. The number of hydrogen-bond donors (Lipinski definition) is 1. The Bertz CT molecular complexity index is 177. The van der Waals surface area contributed by atoms with Crippen molar-refractivity contribution in [1.82, 2.24) is 0 Å². The van der Waals surface area contributed by atoms with Gasteiger partial charge in [0.2, 0.25) is 6.04 Å². The van der Waals surface area contributed by atoms with Crippen molar-refractivity contribution in [1.29, 1.82) is 0 Å². The van der Waals surface area contributed by atoms with E-state index < -0.39 is 23.4 Å². The molecular formula is C6H9NO4. The van der Waals surface area contributed by atoms with Crippen LogP contribution in [0.1, 0.15) is 12.8 Å². The van der Waals surface area contributed by atoms with Crippen molar-refractivity contribution in [3.8, 4) is 0 Å². The Morgan fingerprint density at radius 1 is 1.82 bits per heavy atom. The largest absolute Gasteiger partial charge is 0.481 e. The minimum absolute atomic E-state index is 0.0965. The van der Waals surface area contributed by atoms with Crippen molar-refractivity contribution in [2.45, 2.75) is 18.9 Å². The fourth-order valence-corrected chi connectivity index (χ4v) is 0.638. The molecule has 0 amide bonds. The van der Waals surface area contributed by atoms with Gasteiger partial charge in [0.1, 0.15) is 6.42 Å². The Morgan fingerprint density at radius 2 is 2.36 bits per heavy atom. The van der Waals surface area contributed by atoms with E-state index in [9.17, 15) is 14.9 Å². The second-order valence-corrected chi connectivity index (χ2v) is 2.06. The van der Waals surface area contributed by atoms with Crippen LogP contribution < -0.4 is 0 Å². The Hall–Kier alpha value is -1.39. The number of nitro groups is 1. The van der Waals surface area contributed by atoms with Crippen molar-refractivity contribution in [2.24, 2.45) is 0 Å². The second kappa shape index (κ2) is 4.43. The Balaban J connectivity index is 3.99. The van der Waals surface area contributed by atoms with Gasteiger partial charge in [0.15, 0.2) is 0 Å². The molecule has 0 aliphatic carbocycles. The third-order valence-corrected chi connectivity index (χ3v) is 1.15. The summed E-state index contributed by atoms with van der Waals surface area (Å²) in [5.41, 5.74) is 0. The van der Waals surface area contributed by atoms with Crippen LogP contribution in [-0.2, 0) is 4.79 Å². The van der Waals surface area contributed by atoms with Gasteiger partial charge in [-0.25, -0.2) is 0 Å². The van der Waals surface area contributed by atoms with Crippen LogP contribution in [-0.4, -0.2) is 22.0 Å². The zero-order valence-electron chi connectivity index (χ0n) is 5.90. The molecule has 0 saturated carbocycles. The van der Waals surface area contributed by atoms with Crippen LogP contribution in [0.3, 0.4) is 0 Å². The molecule has 0 aromatic rings. The lowest BCUT2D eigenvalue weighted by Gasteiger charge is -2.02. The van der Waals surface area contributed by atoms with Crippen molar-refractivity contribution >= 4 is 5.97 Å². The SMILES string of the molecule is C=CCC(CC(=O)O)[N+](=O)[O-]. The maximum Gasteiger partial charge on any atom is 0.310 e. The fraction of sp³-hybridized carbons (Fsp3) is 0.500. The van der Waals surface area contributed by atoms with Gasteiger partial charge >= 0.3 is 5.97 Å². The molecule has 0 heterocycles. The Labute approximate surface area is 63.5 Å². The van der Waals surface area contributed by atoms with E-state index in [2.05, 4.69) is 6.58 Å². The lowest BCUT2D eigenvalue weighted by Crippen LogP contribution is -2.22. The molecule has 0 spiro atoms. The van der Waals surface area contributed by atoms with Crippen LogP contribution in [0.15, 0.2) is 12.7 Å². The van der Waals surface area contributed by atoms with Crippen molar-refractivity contribution in [2.75, 3.05) is 0 Å². The lowest BCUT2D eigenvalue weighted by molar-refractivity contribution is -0.520. The molecule has 5 heteroatoms. The number of aliphatic carboxylic acids is 1. The molecule has 0 radical (unpaired) electrons. The highest BCUT2D eigenvalue weighted by atomic mass is 16.6. The minimum Gasteiger partial charge on any atom is -0.481 e. The van der Waals surface area contributed by atoms with Gasteiger partial charge in [-0.3, -0.25) is 14.9 Å². The third-order valence-electron chi connectivity index (χ3n) is 1.15. The minimum atomic E-state index is -1.16. The molecule has 0 aromatic carbocycles. The summed E-state index contributed by atoms with van der Waals surface area (Å²) in [6, 6.07) is -1.04. The molecule has 0 fully saturated rings. The smallest absolute Gasteiger partial charge is 0.310 e. The lowest BCUT2D eigenvalue weighted by atomic mass is 10.1. The summed E-state index contributed by atoms with van der Waals surface area (Å²) < 4.78 is 0. The number of carboxylic acids is 1. The molecule has 0 rings (SSSR count). The van der Waals surface area contributed by atoms with Crippen LogP contribution in [0.25, 0.3) is 0 Å². The van der Waals surface area contributed by atoms with Crippen molar-refractivity contribution in [3.05, 3.63) is 22.8 Å². The van der Waals surface area contributed by atoms with Gasteiger partial charge in [-0.1, -0.05) is 6.08 Å². The number of carbonyl (C=O) groups is 1. The third kappa shape index (κ3) is 4.07. The van der Waals surface area contributed by atoms with Gasteiger partial charge in [-0.15, -0.1) is 6.58 Å². The van der Waals surface area contributed by atoms with Crippen molar-refractivity contribution in [3.63, 3.8) is 0 Å². The summed E-state index contributed by atoms with van der Waals surface area (Å²) in [4.78, 5) is 19.6. The summed E-state index contributed by atoms with van der Waals surface area (Å²) in [5.74, 6) is -1.16. The van der Waals surface area contributed by atoms with E-state index in [0.29, 0.717) is 0 Å². The zero-order valence-corrected chi connectivity index (χ0v) is 5.90. The summed E-state index contributed by atoms with van der Waals surface area (Å²) in [6.07, 6.45) is 0.995. The quantitative estimate of drug-likeness (QED) is 0.363. The van der Waals surface area contributed by atoms with Gasteiger partial charge < -0.3 is 5.11 Å². The first-order valence-corrected chi connectivity index (χ1v) is 3.04. The highest BCUT2D eigenvalue weighted by Crippen LogP contribution is 2.02. The highest BCUT2D eigenvalue weighted by molar-refractivity contribution is 5.67. The summed E-state index contributed by atoms with van der Waals surface area (Å²) in [7, 11) is 0. The predicted molar refractivity (Wildman–Crippen MR) is 37.8 cm³/mol. The van der Waals surface area contributed by atoms with E-state index in [1.54, 1.807) is 0 Å². The molecule has 0 saturated heterocycles. The average Bonchev–Trinajstić information content (AvgIpc) is 1.86. The summed E-state index contributed by atoms with van der Waals surface area (Å²) in [6.45, 7) is 3.29. The van der Waals surface area contributed by atoms with E-state index in [1.807, 2.05) is 0 Å². The molecule has 0 aromatic heterocycles. The molecule has 0 aliphatic heterocycles. The fourth-order valence-electron chi connectivity index (χ4n) is 0.638. The van der Waals surface area contributed by atoms with E-state index >= 15 is 0 Å². The molecule has 0 bridgehead atoms. The van der Waals surface area contributed by atoms with Crippen molar-refractivity contribution < 1.29 is 14.8 Å². The molecule has 11 heavy (non-hydrogen) atoms. The van der Waals surface area contributed by atoms with E-state index in [-0.39, 0.29) is 6.42 Å². The maximum atomic E-state index is 10.1. The number of rotatable bonds is 5. The first-order valence-electron chi connectivity index (χ1n) is 3.04. The Kier molecular flexibility index (Phi) is 3.87. The molecule has 1 atom stereocenters. The van der Waals surface area contributed by atoms with Crippen LogP contribution in [0, 0.1) is 10.1 Å². The molecule has 1 N–H and O–H groups in total. The molecule has 5 nitrogen and oxygen atoms in total. The van der Waals surface area contributed by atoms with Gasteiger partial charge in [0.25, 0.3) is 0 Å². The van der Waals surface area contributed by atoms with Crippen LogP contribution in [0.4, 0.5) is 0 Å². The van der Waals surface area contributed by atoms with Gasteiger partial charge in [-0.05, 0) is 0 Å². The standard InChI is InChI=1S/C6H9NO4/c1-2-3-5(7(10)11)4-6(8)9/h2,5H,1,3-4H2,(H,8,9). The topological polar surface area (TPSA) is 80.4 Å². The second-order valence-electron chi connectivity index (χ2n) is 2.06. The maximum absolute atomic E-state index is 10.1. The van der Waals surface area contributed by atoms with Crippen LogP contribution >= 0.6 is 0 Å². The average molecular weight is 159 g/mol. The van der Waals surface area contributed by atoms with Crippen LogP contribution in [0.5, 0.6) is 0 Å². The molecule has 62 valence electrons. The number of nitrogens with zero attached hydrogens (tertiary/aromatic N) is 1. The zero-order chi connectivity index (χ0) is 8.85.